The molecule has 2 saturated heterocycles. The highest BCUT2D eigenvalue weighted by atomic mass is 19.1. The van der Waals surface area contributed by atoms with Crippen molar-refractivity contribution in [3.8, 4) is 11.3 Å². The van der Waals surface area contributed by atoms with Crippen molar-refractivity contribution in [2.45, 2.75) is 51.6 Å². The van der Waals surface area contributed by atoms with E-state index < -0.39 is 11.6 Å². The van der Waals surface area contributed by atoms with Gasteiger partial charge in [0.1, 0.15) is 23.0 Å². The van der Waals surface area contributed by atoms with Gasteiger partial charge in [-0.05, 0) is 68.8 Å². The maximum Gasteiger partial charge on any atom is 0.229 e. The molecule has 3 N–H and O–H groups in total. The zero-order valence-corrected chi connectivity index (χ0v) is 24.0. The van der Waals surface area contributed by atoms with E-state index in [2.05, 4.69) is 61.4 Å². The molecule has 8 nitrogen and oxygen atoms in total. The molecular weight excluding hydrogens is 522 g/mol. The van der Waals surface area contributed by atoms with Gasteiger partial charge in [-0.2, -0.15) is 0 Å². The number of halogens is 2. The average molecular weight is 561 g/mol. The summed E-state index contributed by atoms with van der Waals surface area (Å²) >= 11 is 0. The number of likely N-dealkylation sites (tertiary alicyclic amines) is 1. The van der Waals surface area contributed by atoms with Crippen molar-refractivity contribution in [3.05, 3.63) is 59.4 Å². The fraction of sp³-hybridized carbons (Fsp3) is 0.484. The number of aryl methyl sites for hydroxylation is 1. The Bertz CT molecular complexity index is 1440. The summed E-state index contributed by atoms with van der Waals surface area (Å²) in [5, 5.41) is 9.97. The van der Waals surface area contributed by atoms with E-state index in [1.807, 2.05) is 25.4 Å². The molecule has 3 aromatic rings. The molecule has 1 aliphatic carbocycles. The predicted octanol–water partition coefficient (Wildman–Crippen LogP) is 5.01. The minimum absolute atomic E-state index is 0.0145. The summed E-state index contributed by atoms with van der Waals surface area (Å²) < 4.78 is 30.0. The van der Waals surface area contributed by atoms with E-state index in [1.165, 1.54) is 6.07 Å². The molecule has 1 saturated carbocycles. The van der Waals surface area contributed by atoms with Crippen molar-refractivity contribution < 1.29 is 8.78 Å². The third-order valence-corrected chi connectivity index (χ3v) is 9.68. The van der Waals surface area contributed by atoms with Gasteiger partial charge in [0.25, 0.3) is 0 Å². The van der Waals surface area contributed by atoms with Crippen LogP contribution in [-0.2, 0) is 13.0 Å². The number of anilines is 2. The zero-order chi connectivity index (χ0) is 28.8. The first-order chi connectivity index (χ1) is 19.6. The van der Waals surface area contributed by atoms with Crippen LogP contribution in [-0.4, -0.2) is 65.3 Å². The molecule has 1 aromatic carbocycles. The normalized spacial score (nSPS) is 24.8. The monoisotopic (exact) mass is 560 g/mol. The predicted molar refractivity (Wildman–Crippen MR) is 158 cm³/mol. The van der Waals surface area contributed by atoms with Crippen LogP contribution in [0.1, 0.15) is 44.2 Å². The summed E-state index contributed by atoms with van der Waals surface area (Å²) in [6.45, 7) is 13.4. The number of nitrogens with zero attached hydrogens (tertiary/aromatic N) is 5. The van der Waals surface area contributed by atoms with Gasteiger partial charge in [0.2, 0.25) is 5.95 Å². The van der Waals surface area contributed by atoms with Crippen LogP contribution in [0.5, 0.6) is 0 Å². The molecule has 2 unspecified atom stereocenters. The largest absolute Gasteiger partial charge is 0.316 e. The first-order valence-electron chi connectivity index (χ1n) is 14.3. The second-order valence-electron chi connectivity index (χ2n) is 12.6. The zero-order valence-electron chi connectivity index (χ0n) is 24.0. The number of aliphatic imine (C=N–C) groups is 1. The maximum atomic E-state index is 15.0. The lowest BCUT2D eigenvalue weighted by Gasteiger charge is -2.31. The van der Waals surface area contributed by atoms with Gasteiger partial charge in [0, 0.05) is 60.9 Å². The Morgan fingerprint density at radius 3 is 2.44 bits per heavy atom. The van der Waals surface area contributed by atoms with Crippen molar-refractivity contribution in [3.63, 3.8) is 0 Å². The standard InChI is InChI=1S/C31H38F2N8/c1-29-16-36-17-30(29,2)19-41(18-29)15-20-5-6-25(37-13-20)39-28-38-14-24(33)27(40-28)22-11-21(26(34-3)23(32)12-22)7-8-31(35-4)9-10-31/h5-6,11-14,35-36H,3,7-10,15-19H2,1-2,4H3,(H,37,38,39,40). The highest BCUT2D eigenvalue weighted by molar-refractivity contribution is 5.68. The molecule has 2 aromatic heterocycles. The molecule has 3 fully saturated rings. The van der Waals surface area contributed by atoms with Gasteiger partial charge >= 0.3 is 0 Å². The highest BCUT2D eigenvalue weighted by Crippen LogP contribution is 2.48. The third kappa shape index (κ3) is 5.36. The van der Waals surface area contributed by atoms with Crippen LogP contribution in [0, 0.1) is 22.5 Å². The van der Waals surface area contributed by atoms with Crippen LogP contribution in [0.2, 0.25) is 0 Å². The highest BCUT2D eigenvalue weighted by Gasteiger charge is 2.54. The summed E-state index contributed by atoms with van der Waals surface area (Å²) in [5.74, 6) is -0.451. The summed E-state index contributed by atoms with van der Waals surface area (Å²) in [4.78, 5) is 19.5. The Morgan fingerprint density at radius 1 is 1.05 bits per heavy atom. The second-order valence-corrected chi connectivity index (χ2v) is 12.6. The van der Waals surface area contributed by atoms with Crippen LogP contribution in [0.25, 0.3) is 11.3 Å². The van der Waals surface area contributed by atoms with Crippen LogP contribution < -0.4 is 16.0 Å². The van der Waals surface area contributed by atoms with Gasteiger partial charge in [0.05, 0.1) is 6.20 Å². The maximum absolute atomic E-state index is 15.0. The summed E-state index contributed by atoms with van der Waals surface area (Å²) in [6, 6.07) is 6.92. The topological polar surface area (TPSA) is 90.4 Å². The quantitative estimate of drug-likeness (QED) is 0.301. The van der Waals surface area contributed by atoms with E-state index in [0.717, 1.165) is 63.7 Å². The molecule has 3 aliphatic rings. The number of aromatic nitrogens is 3. The first-order valence-corrected chi connectivity index (χ1v) is 14.3. The molecule has 0 amide bonds. The van der Waals surface area contributed by atoms with E-state index in [-0.39, 0.29) is 33.7 Å². The fourth-order valence-corrected chi connectivity index (χ4v) is 6.59. The number of fused-ring (bicyclic) bond motifs is 1. The van der Waals surface area contributed by atoms with Crippen molar-refractivity contribution >= 4 is 24.2 Å². The van der Waals surface area contributed by atoms with Crippen molar-refractivity contribution in [1.29, 1.82) is 0 Å². The van der Waals surface area contributed by atoms with Crippen LogP contribution in [0.3, 0.4) is 0 Å². The molecular formula is C31H38F2N8. The molecule has 6 rings (SSSR count). The minimum Gasteiger partial charge on any atom is -0.316 e. The average Bonchev–Trinajstić information content (AvgIpc) is 3.61. The summed E-state index contributed by atoms with van der Waals surface area (Å²) in [5.41, 5.74) is 3.03. The van der Waals surface area contributed by atoms with E-state index in [4.69, 9.17) is 0 Å². The van der Waals surface area contributed by atoms with Crippen LogP contribution >= 0.6 is 0 Å². The van der Waals surface area contributed by atoms with Crippen LogP contribution in [0.4, 0.5) is 26.2 Å². The lowest BCUT2D eigenvalue weighted by atomic mass is 9.71. The summed E-state index contributed by atoms with van der Waals surface area (Å²) in [7, 11) is 1.94. The van der Waals surface area contributed by atoms with E-state index >= 15 is 4.39 Å². The number of nitrogens with one attached hydrogen (secondary N) is 3. The van der Waals surface area contributed by atoms with E-state index in [1.54, 1.807) is 6.07 Å². The molecule has 41 heavy (non-hydrogen) atoms. The molecule has 216 valence electrons. The van der Waals surface area contributed by atoms with E-state index in [9.17, 15) is 4.39 Å². The van der Waals surface area contributed by atoms with Crippen molar-refractivity contribution in [2.75, 3.05) is 38.5 Å². The number of hydrogen-bond acceptors (Lipinski definition) is 8. The third-order valence-electron chi connectivity index (χ3n) is 9.68. The minimum atomic E-state index is -0.634. The van der Waals surface area contributed by atoms with Crippen molar-refractivity contribution in [1.82, 2.24) is 30.5 Å². The molecule has 0 radical (unpaired) electrons. The Kier molecular flexibility index (Phi) is 7.12. The fourth-order valence-electron chi connectivity index (χ4n) is 6.59. The Hall–Kier alpha value is -3.34. The van der Waals surface area contributed by atoms with Gasteiger partial charge in [-0.1, -0.05) is 19.9 Å². The van der Waals surface area contributed by atoms with Gasteiger partial charge < -0.3 is 16.0 Å². The Balaban J connectivity index is 1.16. The Labute approximate surface area is 240 Å². The van der Waals surface area contributed by atoms with Gasteiger partial charge in [-0.15, -0.1) is 0 Å². The van der Waals surface area contributed by atoms with Gasteiger partial charge in [0.15, 0.2) is 5.82 Å². The molecule has 2 atom stereocenters. The van der Waals surface area contributed by atoms with Gasteiger partial charge in [-0.3, -0.25) is 9.89 Å². The number of benzene rings is 1. The number of pyridine rings is 1. The molecule has 0 spiro atoms. The SMILES string of the molecule is C=Nc1c(F)cc(-c2nc(Nc3ccc(CN4CC5(C)CNCC5(C)C4)cn3)ncc2F)cc1CCC1(NC)CC1. The molecule has 10 heteroatoms. The molecule has 2 aliphatic heterocycles. The van der Waals surface area contributed by atoms with Crippen LogP contribution in [0.15, 0.2) is 41.7 Å². The lowest BCUT2D eigenvalue weighted by Crippen LogP contribution is -2.34. The lowest BCUT2D eigenvalue weighted by molar-refractivity contribution is 0.212. The Morgan fingerprint density at radius 2 is 1.80 bits per heavy atom. The van der Waals surface area contributed by atoms with Crippen molar-refractivity contribution in [2.24, 2.45) is 15.8 Å². The first kappa shape index (κ1) is 27.8. The second kappa shape index (κ2) is 10.5. The number of rotatable bonds is 10. The smallest absolute Gasteiger partial charge is 0.229 e. The molecule has 0 bridgehead atoms. The van der Waals surface area contributed by atoms with Gasteiger partial charge in [-0.25, -0.2) is 23.7 Å². The summed E-state index contributed by atoms with van der Waals surface area (Å²) in [6.07, 6.45) is 6.55. The van der Waals surface area contributed by atoms with E-state index in [0.29, 0.717) is 23.4 Å². The number of hydrogen-bond donors (Lipinski definition) is 3. The molecule has 4 heterocycles.